The van der Waals surface area contributed by atoms with Gasteiger partial charge >= 0.3 is 0 Å². The lowest BCUT2D eigenvalue weighted by atomic mass is 9.90. The Morgan fingerprint density at radius 3 is 2.62 bits per heavy atom. The maximum absolute atomic E-state index is 13.1. The first-order valence-corrected chi connectivity index (χ1v) is 10.5. The van der Waals surface area contributed by atoms with E-state index in [-0.39, 0.29) is 11.8 Å². The molecule has 4 rings (SSSR count). The van der Waals surface area contributed by atoms with E-state index in [1.807, 2.05) is 42.0 Å². The predicted molar refractivity (Wildman–Crippen MR) is 114 cm³/mol. The second-order valence-corrected chi connectivity index (χ2v) is 9.03. The van der Waals surface area contributed by atoms with Crippen molar-refractivity contribution < 1.29 is 9.59 Å². The highest BCUT2D eigenvalue weighted by Crippen LogP contribution is 2.42. The number of anilines is 1. The van der Waals surface area contributed by atoms with Crippen molar-refractivity contribution in [3.05, 3.63) is 58.4 Å². The largest absolute Gasteiger partial charge is 0.343 e. The van der Waals surface area contributed by atoms with Gasteiger partial charge in [-0.1, -0.05) is 11.6 Å². The number of pyridine rings is 1. The van der Waals surface area contributed by atoms with Gasteiger partial charge in [0.1, 0.15) is 0 Å². The summed E-state index contributed by atoms with van der Waals surface area (Å²) in [6, 6.07) is 7.54. The van der Waals surface area contributed by atoms with Crippen LogP contribution in [-0.4, -0.2) is 34.8 Å². The van der Waals surface area contributed by atoms with Gasteiger partial charge in [0, 0.05) is 36.8 Å². The van der Waals surface area contributed by atoms with Crippen molar-refractivity contribution in [3.63, 3.8) is 0 Å². The summed E-state index contributed by atoms with van der Waals surface area (Å²) in [5.41, 5.74) is 3.08. The third-order valence-corrected chi connectivity index (χ3v) is 6.49. The lowest BCUT2D eigenvalue weighted by Gasteiger charge is -2.33. The van der Waals surface area contributed by atoms with Crippen molar-refractivity contribution in [2.24, 2.45) is 5.92 Å². The summed E-state index contributed by atoms with van der Waals surface area (Å²) >= 11 is 6.19. The first kappa shape index (κ1) is 19.9. The van der Waals surface area contributed by atoms with Crippen molar-refractivity contribution in [3.8, 4) is 0 Å². The molecule has 0 aliphatic carbocycles. The van der Waals surface area contributed by atoms with Crippen LogP contribution in [0.25, 0.3) is 0 Å². The van der Waals surface area contributed by atoms with E-state index >= 15 is 0 Å². The van der Waals surface area contributed by atoms with Gasteiger partial charge < -0.3 is 4.90 Å². The highest BCUT2D eigenvalue weighted by atomic mass is 35.5. The molecule has 2 aliphatic rings. The minimum Gasteiger partial charge on any atom is -0.343 e. The molecule has 2 aliphatic heterocycles. The van der Waals surface area contributed by atoms with Gasteiger partial charge in [-0.2, -0.15) is 0 Å². The zero-order valence-corrected chi connectivity index (χ0v) is 17.9. The fourth-order valence-corrected chi connectivity index (χ4v) is 4.81. The number of halogens is 1. The standard InChI is InChI=1S/C23H26ClN3O2/c1-15(28)26-8-6-16(7-9-26)10-17-11-19(14-25-13-17)27-22(29)20-5-4-18(24)12-21(20)23(27,2)3/h4-5,11-14,16H,6-10H2,1-3H3. The zero-order chi connectivity index (χ0) is 20.8. The number of hydrogen-bond acceptors (Lipinski definition) is 3. The van der Waals surface area contributed by atoms with E-state index in [1.165, 1.54) is 0 Å². The molecule has 0 atom stereocenters. The van der Waals surface area contributed by atoms with E-state index < -0.39 is 5.54 Å². The molecule has 1 saturated heterocycles. The minimum absolute atomic E-state index is 0.0182. The number of hydrogen-bond donors (Lipinski definition) is 0. The normalized spacial score (nSPS) is 18.8. The Hall–Kier alpha value is -2.40. The predicted octanol–water partition coefficient (Wildman–Crippen LogP) is 4.43. The molecule has 2 aromatic rings. The molecule has 1 aromatic carbocycles. The van der Waals surface area contributed by atoms with Crippen LogP contribution in [0, 0.1) is 5.92 Å². The van der Waals surface area contributed by atoms with Gasteiger partial charge in [-0.05, 0) is 74.4 Å². The number of amides is 2. The van der Waals surface area contributed by atoms with Gasteiger partial charge in [0.05, 0.1) is 17.4 Å². The zero-order valence-electron chi connectivity index (χ0n) is 17.1. The molecule has 5 nitrogen and oxygen atoms in total. The van der Waals surface area contributed by atoms with Crippen LogP contribution < -0.4 is 4.90 Å². The molecule has 0 unspecified atom stereocenters. The fourth-order valence-electron chi connectivity index (χ4n) is 4.64. The van der Waals surface area contributed by atoms with Gasteiger partial charge in [-0.15, -0.1) is 0 Å². The first-order valence-electron chi connectivity index (χ1n) is 10.1. The van der Waals surface area contributed by atoms with Gasteiger partial charge in [-0.25, -0.2) is 0 Å². The molecule has 29 heavy (non-hydrogen) atoms. The van der Waals surface area contributed by atoms with Gasteiger partial charge in [0.25, 0.3) is 5.91 Å². The van der Waals surface area contributed by atoms with Crippen LogP contribution in [0.5, 0.6) is 0 Å². The van der Waals surface area contributed by atoms with Gasteiger partial charge in [-0.3, -0.25) is 19.5 Å². The molecule has 2 amide bonds. The Bertz CT molecular complexity index is 964. The van der Waals surface area contributed by atoms with Crippen LogP contribution in [-0.2, 0) is 16.8 Å². The van der Waals surface area contributed by atoms with Crippen molar-refractivity contribution in [1.29, 1.82) is 0 Å². The fraction of sp³-hybridized carbons (Fsp3) is 0.435. The van der Waals surface area contributed by atoms with Crippen molar-refractivity contribution in [1.82, 2.24) is 9.88 Å². The summed E-state index contributed by atoms with van der Waals surface area (Å²) in [4.78, 5) is 32.8. The Morgan fingerprint density at radius 2 is 1.93 bits per heavy atom. The van der Waals surface area contributed by atoms with Crippen molar-refractivity contribution in [2.75, 3.05) is 18.0 Å². The summed E-state index contributed by atoms with van der Waals surface area (Å²) in [6.45, 7) is 7.35. The monoisotopic (exact) mass is 411 g/mol. The molecule has 3 heterocycles. The number of rotatable bonds is 3. The number of aromatic nitrogens is 1. The Labute approximate surface area is 176 Å². The molecule has 0 bridgehead atoms. The number of carbonyl (C=O) groups is 2. The van der Waals surface area contributed by atoms with Crippen LogP contribution in [0.2, 0.25) is 5.02 Å². The summed E-state index contributed by atoms with van der Waals surface area (Å²) in [5.74, 6) is 0.665. The molecule has 0 N–H and O–H groups in total. The quantitative estimate of drug-likeness (QED) is 0.750. The highest BCUT2D eigenvalue weighted by molar-refractivity contribution is 6.31. The first-order chi connectivity index (χ1) is 13.8. The Morgan fingerprint density at radius 1 is 1.21 bits per heavy atom. The van der Waals surface area contributed by atoms with Crippen LogP contribution in [0.3, 0.4) is 0 Å². The van der Waals surface area contributed by atoms with E-state index in [2.05, 4.69) is 11.1 Å². The third-order valence-electron chi connectivity index (χ3n) is 6.26. The van der Waals surface area contributed by atoms with E-state index in [0.717, 1.165) is 49.2 Å². The highest BCUT2D eigenvalue weighted by Gasteiger charge is 2.44. The van der Waals surface area contributed by atoms with E-state index in [4.69, 9.17) is 11.6 Å². The minimum atomic E-state index is -0.496. The van der Waals surface area contributed by atoms with Crippen molar-refractivity contribution in [2.45, 2.75) is 45.6 Å². The maximum atomic E-state index is 13.1. The number of benzene rings is 1. The second-order valence-electron chi connectivity index (χ2n) is 8.59. The Balaban J connectivity index is 1.55. The lowest BCUT2D eigenvalue weighted by molar-refractivity contribution is -0.130. The number of carbonyl (C=O) groups excluding carboxylic acids is 2. The van der Waals surface area contributed by atoms with Crippen LogP contribution in [0.15, 0.2) is 36.7 Å². The van der Waals surface area contributed by atoms with Crippen molar-refractivity contribution >= 4 is 29.1 Å². The molecule has 152 valence electrons. The smallest absolute Gasteiger partial charge is 0.259 e. The SMILES string of the molecule is CC(=O)N1CCC(Cc2cncc(N3C(=O)c4ccc(Cl)cc4C3(C)C)c2)CC1. The molecule has 0 saturated carbocycles. The lowest BCUT2D eigenvalue weighted by Crippen LogP contribution is -2.39. The molecule has 6 heteroatoms. The maximum Gasteiger partial charge on any atom is 0.259 e. The Kier molecular flexibility index (Phi) is 5.11. The van der Waals surface area contributed by atoms with Gasteiger partial charge in [0.15, 0.2) is 0 Å². The summed E-state index contributed by atoms with van der Waals surface area (Å²) in [7, 11) is 0. The summed E-state index contributed by atoms with van der Waals surface area (Å²) in [6.07, 6.45) is 6.56. The van der Waals surface area contributed by atoms with Crippen LogP contribution >= 0.6 is 11.6 Å². The van der Waals surface area contributed by atoms with Crippen LogP contribution in [0.1, 0.15) is 55.1 Å². The molecular formula is C23H26ClN3O2. The summed E-state index contributed by atoms with van der Waals surface area (Å²) < 4.78 is 0. The average Bonchev–Trinajstić information content (AvgIpc) is 2.87. The molecule has 1 aromatic heterocycles. The molecular weight excluding hydrogens is 386 g/mol. The van der Waals surface area contributed by atoms with Gasteiger partial charge in [0.2, 0.25) is 5.91 Å². The molecule has 0 radical (unpaired) electrons. The number of fused-ring (bicyclic) bond motifs is 1. The average molecular weight is 412 g/mol. The topological polar surface area (TPSA) is 53.5 Å². The molecule has 1 fully saturated rings. The van der Waals surface area contributed by atoms with E-state index in [0.29, 0.717) is 16.5 Å². The molecule has 0 spiro atoms. The number of likely N-dealkylation sites (tertiary alicyclic amines) is 1. The number of piperidine rings is 1. The second kappa shape index (κ2) is 7.45. The van der Waals surface area contributed by atoms with Crippen LogP contribution in [0.4, 0.5) is 5.69 Å². The van der Waals surface area contributed by atoms with E-state index in [1.54, 1.807) is 19.2 Å². The third kappa shape index (κ3) is 3.64. The summed E-state index contributed by atoms with van der Waals surface area (Å²) in [5, 5.41) is 0.634. The number of nitrogens with zero attached hydrogens (tertiary/aromatic N) is 3. The van der Waals surface area contributed by atoms with E-state index in [9.17, 15) is 9.59 Å².